The van der Waals surface area contributed by atoms with E-state index in [1.54, 1.807) is 4.90 Å². The summed E-state index contributed by atoms with van der Waals surface area (Å²) in [5.74, 6) is 0.738. The summed E-state index contributed by atoms with van der Waals surface area (Å²) in [4.78, 5) is 13.7. The molecule has 0 aromatic carbocycles. The molecule has 1 saturated heterocycles. The monoisotopic (exact) mass is 226 g/mol. The molecule has 3 N–H and O–H groups in total. The molecule has 1 amide bonds. The Kier molecular flexibility index (Phi) is 3.82. The lowest BCUT2D eigenvalue weighted by Gasteiger charge is -2.27. The quantitative estimate of drug-likeness (QED) is 0.720. The molecule has 0 radical (unpaired) electrons. The topological polar surface area (TPSA) is 66.6 Å². The Hall–Kier alpha value is -0.610. The fourth-order valence-electron chi connectivity index (χ4n) is 2.74. The molecule has 1 heterocycles. The van der Waals surface area contributed by atoms with Crippen LogP contribution in [0.3, 0.4) is 0 Å². The van der Waals surface area contributed by atoms with E-state index in [-0.39, 0.29) is 12.0 Å². The number of aliphatic hydroxyl groups excluding tert-OH is 1. The van der Waals surface area contributed by atoms with Crippen molar-refractivity contribution in [2.24, 2.45) is 11.7 Å². The van der Waals surface area contributed by atoms with Crippen molar-refractivity contribution in [2.45, 2.75) is 50.7 Å². The third-order valence-corrected chi connectivity index (χ3v) is 3.87. The van der Waals surface area contributed by atoms with Gasteiger partial charge >= 0.3 is 0 Å². The molecule has 2 aliphatic rings. The summed E-state index contributed by atoms with van der Waals surface area (Å²) in [6, 6.07) is 0.347. The zero-order valence-corrected chi connectivity index (χ0v) is 9.77. The molecule has 1 aliphatic heterocycles. The van der Waals surface area contributed by atoms with Crippen LogP contribution in [0.15, 0.2) is 0 Å². The van der Waals surface area contributed by atoms with Gasteiger partial charge in [0, 0.05) is 25.6 Å². The number of hydrogen-bond acceptors (Lipinski definition) is 3. The summed E-state index contributed by atoms with van der Waals surface area (Å²) in [6.07, 6.45) is 5.37. The van der Waals surface area contributed by atoms with Gasteiger partial charge in [0.2, 0.25) is 5.91 Å². The molecule has 0 aromatic heterocycles. The van der Waals surface area contributed by atoms with Gasteiger partial charge in [0.25, 0.3) is 0 Å². The van der Waals surface area contributed by atoms with Gasteiger partial charge < -0.3 is 15.7 Å². The molecule has 0 spiro atoms. The number of likely N-dealkylation sites (tertiary alicyclic amines) is 1. The van der Waals surface area contributed by atoms with E-state index in [0.29, 0.717) is 24.9 Å². The highest BCUT2D eigenvalue weighted by atomic mass is 16.3. The number of rotatable bonds is 2. The molecule has 0 aromatic rings. The molecule has 92 valence electrons. The predicted molar refractivity (Wildman–Crippen MR) is 61.8 cm³/mol. The van der Waals surface area contributed by atoms with Crippen molar-refractivity contribution in [1.82, 2.24) is 4.90 Å². The van der Waals surface area contributed by atoms with E-state index in [4.69, 9.17) is 5.73 Å². The van der Waals surface area contributed by atoms with Crippen molar-refractivity contribution in [2.75, 3.05) is 13.1 Å². The van der Waals surface area contributed by atoms with E-state index >= 15 is 0 Å². The smallest absolute Gasteiger partial charge is 0.222 e. The molecule has 1 saturated carbocycles. The zero-order valence-electron chi connectivity index (χ0n) is 9.77. The van der Waals surface area contributed by atoms with Crippen LogP contribution in [0, 0.1) is 5.92 Å². The Bertz CT molecular complexity index is 249. The van der Waals surface area contributed by atoms with Gasteiger partial charge in [-0.1, -0.05) is 0 Å². The van der Waals surface area contributed by atoms with Crippen molar-refractivity contribution in [3.05, 3.63) is 0 Å². The Balaban J connectivity index is 1.75. The second-order valence-corrected chi connectivity index (χ2v) is 5.27. The van der Waals surface area contributed by atoms with E-state index in [9.17, 15) is 9.90 Å². The maximum absolute atomic E-state index is 11.9. The number of nitrogens with two attached hydrogens (primary N) is 1. The summed E-state index contributed by atoms with van der Waals surface area (Å²) in [6.45, 7) is 1.26. The molecule has 1 unspecified atom stereocenters. The van der Waals surface area contributed by atoms with Crippen molar-refractivity contribution in [3.8, 4) is 0 Å². The molecule has 2 fully saturated rings. The Morgan fingerprint density at radius 3 is 2.50 bits per heavy atom. The van der Waals surface area contributed by atoms with Crippen LogP contribution in [0.1, 0.15) is 38.5 Å². The first-order valence-corrected chi connectivity index (χ1v) is 6.36. The van der Waals surface area contributed by atoms with E-state index in [0.717, 1.165) is 38.6 Å². The van der Waals surface area contributed by atoms with E-state index < -0.39 is 0 Å². The molecular formula is C12H22N2O2. The number of hydrogen-bond donors (Lipinski definition) is 2. The number of β-amino-alcohol motifs (C(OH)–C–C–N with tert-alkyl or cyclic N) is 1. The Morgan fingerprint density at radius 1 is 1.25 bits per heavy atom. The molecule has 4 heteroatoms. The minimum Gasteiger partial charge on any atom is -0.391 e. The molecular weight excluding hydrogens is 204 g/mol. The molecule has 4 nitrogen and oxygen atoms in total. The van der Waals surface area contributed by atoms with Gasteiger partial charge in [0.05, 0.1) is 6.10 Å². The lowest BCUT2D eigenvalue weighted by Crippen LogP contribution is -2.33. The SMILES string of the molecule is NC1CCC(CC(=O)N2CCC(O)C2)CC1. The number of amides is 1. The number of carbonyl (C=O) groups excluding carboxylic acids is 1. The highest BCUT2D eigenvalue weighted by Gasteiger charge is 2.27. The fraction of sp³-hybridized carbons (Fsp3) is 0.917. The maximum atomic E-state index is 11.9. The number of carbonyl (C=O) groups is 1. The Labute approximate surface area is 96.8 Å². The normalized spacial score (nSPS) is 35.4. The van der Waals surface area contributed by atoms with Gasteiger partial charge in [0.15, 0.2) is 0 Å². The first-order valence-electron chi connectivity index (χ1n) is 6.36. The summed E-state index contributed by atoms with van der Waals surface area (Å²) in [5, 5.41) is 9.38. The predicted octanol–water partition coefficient (Wildman–Crippen LogP) is 0.487. The molecule has 0 bridgehead atoms. The second-order valence-electron chi connectivity index (χ2n) is 5.27. The summed E-state index contributed by atoms with van der Waals surface area (Å²) in [7, 11) is 0. The molecule has 16 heavy (non-hydrogen) atoms. The van der Waals surface area contributed by atoms with Gasteiger partial charge in [0.1, 0.15) is 0 Å². The van der Waals surface area contributed by atoms with Crippen molar-refractivity contribution in [1.29, 1.82) is 0 Å². The lowest BCUT2D eigenvalue weighted by atomic mass is 9.84. The van der Waals surface area contributed by atoms with Crippen LogP contribution in [-0.4, -0.2) is 41.1 Å². The average molecular weight is 226 g/mol. The minimum absolute atomic E-state index is 0.219. The summed E-state index contributed by atoms with van der Waals surface area (Å²) < 4.78 is 0. The fourth-order valence-corrected chi connectivity index (χ4v) is 2.74. The molecule has 1 atom stereocenters. The minimum atomic E-state index is -0.302. The van der Waals surface area contributed by atoms with Crippen LogP contribution in [0.25, 0.3) is 0 Å². The largest absolute Gasteiger partial charge is 0.391 e. The zero-order chi connectivity index (χ0) is 11.5. The van der Waals surface area contributed by atoms with Crippen LogP contribution in [0.2, 0.25) is 0 Å². The maximum Gasteiger partial charge on any atom is 0.222 e. The standard InChI is InChI=1S/C12H22N2O2/c13-10-3-1-9(2-4-10)7-12(16)14-6-5-11(15)8-14/h9-11,15H,1-8,13H2. The van der Waals surface area contributed by atoms with Gasteiger partial charge in [-0.25, -0.2) is 0 Å². The van der Waals surface area contributed by atoms with Crippen LogP contribution >= 0.6 is 0 Å². The van der Waals surface area contributed by atoms with Gasteiger partial charge in [-0.05, 0) is 38.0 Å². The van der Waals surface area contributed by atoms with Gasteiger partial charge in [-0.15, -0.1) is 0 Å². The first kappa shape index (κ1) is 11.9. The molecule has 2 rings (SSSR count). The van der Waals surface area contributed by atoms with Crippen molar-refractivity contribution in [3.63, 3.8) is 0 Å². The van der Waals surface area contributed by atoms with E-state index in [1.807, 2.05) is 0 Å². The van der Waals surface area contributed by atoms with Crippen LogP contribution in [0.5, 0.6) is 0 Å². The third kappa shape index (κ3) is 2.95. The second kappa shape index (κ2) is 5.15. The summed E-state index contributed by atoms with van der Waals surface area (Å²) in [5.41, 5.74) is 5.84. The highest BCUT2D eigenvalue weighted by Crippen LogP contribution is 2.27. The summed E-state index contributed by atoms with van der Waals surface area (Å²) >= 11 is 0. The van der Waals surface area contributed by atoms with Crippen LogP contribution < -0.4 is 5.73 Å². The van der Waals surface area contributed by atoms with Crippen LogP contribution in [-0.2, 0) is 4.79 Å². The van der Waals surface area contributed by atoms with E-state index in [2.05, 4.69) is 0 Å². The van der Waals surface area contributed by atoms with Gasteiger partial charge in [-0.2, -0.15) is 0 Å². The highest BCUT2D eigenvalue weighted by molar-refractivity contribution is 5.76. The third-order valence-electron chi connectivity index (χ3n) is 3.87. The number of aliphatic hydroxyl groups is 1. The molecule has 1 aliphatic carbocycles. The first-order chi connectivity index (χ1) is 7.65. The number of nitrogens with zero attached hydrogens (tertiary/aromatic N) is 1. The van der Waals surface area contributed by atoms with E-state index in [1.165, 1.54) is 0 Å². The Morgan fingerprint density at radius 2 is 1.94 bits per heavy atom. The van der Waals surface area contributed by atoms with Crippen LogP contribution in [0.4, 0.5) is 0 Å². The van der Waals surface area contributed by atoms with Crippen molar-refractivity contribution < 1.29 is 9.90 Å². The van der Waals surface area contributed by atoms with Crippen molar-refractivity contribution >= 4 is 5.91 Å². The lowest BCUT2D eigenvalue weighted by molar-refractivity contribution is -0.131. The van der Waals surface area contributed by atoms with Gasteiger partial charge in [-0.3, -0.25) is 4.79 Å². The average Bonchev–Trinajstić information content (AvgIpc) is 2.68.